The first-order chi connectivity index (χ1) is 13.1. The molecule has 27 heavy (non-hydrogen) atoms. The topological polar surface area (TPSA) is 94.3 Å². The van der Waals surface area contributed by atoms with Crippen LogP contribution in [0.25, 0.3) is 0 Å². The number of oxime groups is 1. The minimum absolute atomic E-state index is 0.0521. The van der Waals surface area contributed by atoms with Gasteiger partial charge in [-0.25, -0.2) is 0 Å². The highest BCUT2D eigenvalue weighted by atomic mass is 16.6. The highest BCUT2D eigenvalue weighted by Crippen LogP contribution is 2.28. The molecular formula is C19H17N3O5. The lowest BCUT2D eigenvalue weighted by atomic mass is 10.0. The number of anilines is 1. The molecule has 0 aromatic heterocycles. The SMILES string of the molecule is O=C1C(O/N=C2/CCOc3ccccc32)CCN1c1cccc([N+](=O)[O-])c1. The summed E-state index contributed by atoms with van der Waals surface area (Å²) in [4.78, 5) is 30.1. The second kappa shape index (κ2) is 7.06. The van der Waals surface area contributed by atoms with Crippen molar-refractivity contribution in [2.45, 2.75) is 18.9 Å². The summed E-state index contributed by atoms with van der Waals surface area (Å²) in [5.41, 5.74) is 2.05. The molecule has 2 aliphatic heterocycles. The monoisotopic (exact) mass is 367 g/mol. The first-order valence-corrected chi connectivity index (χ1v) is 8.64. The summed E-state index contributed by atoms with van der Waals surface area (Å²) in [6, 6.07) is 13.6. The number of benzene rings is 2. The Labute approximate surface area is 155 Å². The van der Waals surface area contributed by atoms with Crippen molar-refractivity contribution in [3.63, 3.8) is 0 Å². The van der Waals surface area contributed by atoms with Crippen molar-refractivity contribution < 1.29 is 19.3 Å². The fourth-order valence-corrected chi connectivity index (χ4v) is 3.23. The molecule has 1 unspecified atom stereocenters. The van der Waals surface area contributed by atoms with Crippen LogP contribution >= 0.6 is 0 Å². The molecule has 2 aromatic rings. The van der Waals surface area contributed by atoms with Gasteiger partial charge in [0.1, 0.15) is 5.75 Å². The summed E-state index contributed by atoms with van der Waals surface area (Å²) >= 11 is 0. The Morgan fingerprint density at radius 3 is 2.93 bits per heavy atom. The molecule has 1 amide bonds. The van der Waals surface area contributed by atoms with Gasteiger partial charge in [-0.05, 0) is 18.2 Å². The summed E-state index contributed by atoms with van der Waals surface area (Å²) in [6.45, 7) is 0.937. The van der Waals surface area contributed by atoms with Crippen molar-refractivity contribution in [2.24, 2.45) is 5.16 Å². The first kappa shape index (κ1) is 17.0. The van der Waals surface area contributed by atoms with Crippen molar-refractivity contribution >= 4 is 23.0 Å². The van der Waals surface area contributed by atoms with E-state index in [-0.39, 0.29) is 11.6 Å². The zero-order chi connectivity index (χ0) is 18.8. The molecule has 2 aliphatic rings. The zero-order valence-electron chi connectivity index (χ0n) is 14.4. The predicted molar refractivity (Wildman–Crippen MR) is 98.0 cm³/mol. The van der Waals surface area contributed by atoms with Crippen molar-refractivity contribution in [3.8, 4) is 5.75 Å². The van der Waals surface area contributed by atoms with Gasteiger partial charge in [-0.2, -0.15) is 0 Å². The van der Waals surface area contributed by atoms with E-state index >= 15 is 0 Å². The number of nitrogens with zero attached hydrogens (tertiary/aromatic N) is 3. The average molecular weight is 367 g/mol. The van der Waals surface area contributed by atoms with Crippen molar-refractivity contribution in [1.29, 1.82) is 0 Å². The van der Waals surface area contributed by atoms with E-state index < -0.39 is 11.0 Å². The number of non-ortho nitro benzene ring substituents is 1. The maximum Gasteiger partial charge on any atom is 0.271 e. The largest absolute Gasteiger partial charge is 0.492 e. The highest BCUT2D eigenvalue weighted by Gasteiger charge is 2.35. The van der Waals surface area contributed by atoms with E-state index in [4.69, 9.17) is 9.57 Å². The molecule has 4 rings (SSSR count). The maximum absolute atomic E-state index is 12.6. The number of hydrogen-bond acceptors (Lipinski definition) is 6. The van der Waals surface area contributed by atoms with E-state index in [2.05, 4.69) is 5.16 Å². The molecule has 8 heteroatoms. The van der Waals surface area contributed by atoms with Gasteiger partial charge in [0.15, 0.2) is 0 Å². The van der Waals surface area contributed by atoms with Gasteiger partial charge in [-0.15, -0.1) is 0 Å². The Kier molecular flexibility index (Phi) is 4.45. The minimum atomic E-state index is -0.702. The van der Waals surface area contributed by atoms with Gasteiger partial charge in [0.2, 0.25) is 6.10 Å². The molecule has 0 N–H and O–H groups in total. The van der Waals surface area contributed by atoms with E-state index in [1.165, 1.54) is 17.0 Å². The third-order valence-corrected chi connectivity index (χ3v) is 4.59. The molecule has 0 spiro atoms. The van der Waals surface area contributed by atoms with Crippen LogP contribution in [0.2, 0.25) is 0 Å². The number of rotatable bonds is 4. The Morgan fingerprint density at radius 2 is 2.07 bits per heavy atom. The Morgan fingerprint density at radius 1 is 1.22 bits per heavy atom. The third kappa shape index (κ3) is 3.33. The first-order valence-electron chi connectivity index (χ1n) is 8.64. The van der Waals surface area contributed by atoms with Crippen LogP contribution in [0.15, 0.2) is 53.7 Å². The normalized spacial score (nSPS) is 20.3. The number of fused-ring (bicyclic) bond motifs is 1. The van der Waals surface area contributed by atoms with Crippen LogP contribution in [0.5, 0.6) is 5.75 Å². The Hall–Kier alpha value is -3.42. The number of nitro benzene ring substituents is 1. The van der Waals surface area contributed by atoms with Crippen molar-refractivity contribution in [3.05, 3.63) is 64.2 Å². The zero-order valence-corrected chi connectivity index (χ0v) is 14.4. The minimum Gasteiger partial charge on any atom is -0.492 e. The van der Waals surface area contributed by atoms with Gasteiger partial charge < -0.3 is 14.5 Å². The van der Waals surface area contributed by atoms with Crippen molar-refractivity contribution in [1.82, 2.24) is 0 Å². The second-order valence-corrected chi connectivity index (χ2v) is 6.28. The molecule has 2 heterocycles. The highest BCUT2D eigenvalue weighted by molar-refractivity contribution is 6.03. The number of nitro groups is 1. The Bertz CT molecular complexity index is 927. The van der Waals surface area contributed by atoms with Gasteiger partial charge in [0.25, 0.3) is 11.6 Å². The lowest BCUT2D eigenvalue weighted by Crippen LogP contribution is -2.30. The summed E-state index contributed by atoms with van der Waals surface area (Å²) in [5.74, 6) is 0.502. The molecule has 0 bridgehead atoms. The van der Waals surface area contributed by atoms with Crippen LogP contribution in [0.4, 0.5) is 11.4 Å². The molecule has 8 nitrogen and oxygen atoms in total. The number of carbonyl (C=O) groups excluding carboxylic acids is 1. The van der Waals surface area contributed by atoms with Crippen LogP contribution in [-0.2, 0) is 9.63 Å². The molecule has 2 aromatic carbocycles. The quantitative estimate of drug-likeness (QED) is 0.612. The number of ether oxygens (including phenoxy) is 1. The van der Waals surface area contributed by atoms with E-state index in [0.717, 1.165) is 17.0 Å². The fraction of sp³-hybridized carbons (Fsp3) is 0.263. The standard InChI is InChI=1S/C19H17N3O5/c23-19-18(8-10-21(19)13-4-3-5-14(12-13)22(24)25)27-20-16-9-11-26-17-7-2-1-6-15(16)17/h1-7,12,18H,8-11H2/b20-16-. The van der Waals surface area contributed by atoms with Gasteiger partial charge in [0, 0.05) is 37.1 Å². The molecule has 0 radical (unpaired) electrons. The lowest BCUT2D eigenvalue weighted by Gasteiger charge is -2.19. The summed E-state index contributed by atoms with van der Waals surface area (Å²) in [6.07, 6.45) is 0.370. The molecule has 1 fully saturated rings. The Balaban J connectivity index is 1.49. The number of amides is 1. The van der Waals surface area contributed by atoms with E-state index in [9.17, 15) is 14.9 Å². The molecule has 0 aliphatic carbocycles. The lowest BCUT2D eigenvalue weighted by molar-refractivity contribution is -0.384. The van der Waals surface area contributed by atoms with E-state index in [1.54, 1.807) is 12.1 Å². The second-order valence-electron chi connectivity index (χ2n) is 6.28. The van der Waals surface area contributed by atoms with Crippen LogP contribution < -0.4 is 9.64 Å². The van der Waals surface area contributed by atoms with Gasteiger partial charge in [-0.3, -0.25) is 14.9 Å². The third-order valence-electron chi connectivity index (χ3n) is 4.59. The number of para-hydroxylation sites is 1. The van der Waals surface area contributed by atoms with E-state index in [1.807, 2.05) is 24.3 Å². The van der Waals surface area contributed by atoms with Crippen LogP contribution in [0.3, 0.4) is 0 Å². The van der Waals surface area contributed by atoms with Gasteiger partial charge >= 0.3 is 0 Å². The van der Waals surface area contributed by atoms with Crippen LogP contribution in [0, 0.1) is 10.1 Å². The number of carbonyl (C=O) groups is 1. The fourth-order valence-electron chi connectivity index (χ4n) is 3.23. The average Bonchev–Trinajstić information content (AvgIpc) is 3.07. The van der Waals surface area contributed by atoms with E-state index in [0.29, 0.717) is 31.7 Å². The molecule has 138 valence electrons. The molecular weight excluding hydrogens is 350 g/mol. The predicted octanol–water partition coefficient (Wildman–Crippen LogP) is 2.90. The summed E-state index contributed by atoms with van der Waals surface area (Å²) in [7, 11) is 0. The summed E-state index contributed by atoms with van der Waals surface area (Å²) < 4.78 is 5.59. The molecule has 0 saturated carbocycles. The smallest absolute Gasteiger partial charge is 0.271 e. The molecule has 1 saturated heterocycles. The summed E-state index contributed by atoms with van der Waals surface area (Å²) in [5, 5.41) is 15.2. The number of hydrogen-bond donors (Lipinski definition) is 0. The van der Waals surface area contributed by atoms with Gasteiger partial charge in [-0.1, -0.05) is 23.4 Å². The van der Waals surface area contributed by atoms with Crippen LogP contribution in [-0.4, -0.2) is 35.8 Å². The maximum atomic E-state index is 12.6. The van der Waals surface area contributed by atoms with Crippen LogP contribution in [0.1, 0.15) is 18.4 Å². The molecule has 1 atom stereocenters. The van der Waals surface area contributed by atoms with Crippen molar-refractivity contribution in [2.75, 3.05) is 18.1 Å². The van der Waals surface area contributed by atoms with Gasteiger partial charge in [0.05, 0.1) is 22.9 Å².